The molecule has 5 nitrogen and oxygen atoms in total. The van der Waals surface area contributed by atoms with Gasteiger partial charge in [0.2, 0.25) is 0 Å². The van der Waals surface area contributed by atoms with E-state index in [1.165, 1.54) is 16.6 Å². The van der Waals surface area contributed by atoms with Gasteiger partial charge in [-0.15, -0.1) is 27.8 Å². The Balaban J connectivity index is 1.70. The third-order valence-electron chi connectivity index (χ3n) is 2.80. The average molecular weight is 338 g/mol. The molecule has 0 aliphatic carbocycles. The second-order valence-corrected chi connectivity index (χ2v) is 7.12. The highest BCUT2D eigenvalue weighted by atomic mass is 32.2. The first-order valence-corrected chi connectivity index (χ1v) is 9.28. The molecule has 0 aromatic carbocycles. The molecule has 110 valence electrons. The van der Waals surface area contributed by atoms with Gasteiger partial charge in [0.1, 0.15) is 5.01 Å². The molecule has 0 saturated heterocycles. The largest absolute Gasteiger partial charge is 0.343 e. The van der Waals surface area contributed by atoms with E-state index in [2.05, 4.69) is 32.0 Å². The Hall–Kier alpha value is -1.38. The topological polar surface area (TPSA) is 63.6 Å². The smallest absolute Gasteiger partial charge is 0.270 e. The second-order valence-electron chi connectivity index (χ2n) is 4.37. The summed E-state index contributed by atoms with van der Waals surface area (Å²) in [5, 5.41) is 12.5. The molecule has 3 aromatic rings. The zero-order chi connectivity index (χ0) is 14.7. The maximum absolute atomic E-state index is 11.6. The van der Waals surface area contributed by atoms with E-state index in [1.807, 2.05) is 13.0 Å². The van der Waals surface area contributed by atoms with Gasteiger partial charge in [0.05, 0.1) is 10.6 Å². The van der Waals surface area contributed by atoms with Crippen molar-refractivity contribution in [3.05, 3.63) is 39.1 Å². The Morgan fingerprint density at radius 2 is 2.33 bits per heavy atom. The summed E-state index contributed by atoms with van der Waals surface area (Å²) in [7, 11) is 0. The van der Waals surface area contributed by atoms with Crippen LogP contribution in [0, 0.1) is 0 Å². The van der Waals surface area contributed by atoms with Gasteiger partial charge < -0.3 is 0 Å². The van der Waals surface area contributed by atoms with Crippen LogP contribution in [0.5, 0.6) is 0 Å². The van der Waals surface area contributed by atoms with E-state index < -0.39 is 0 Å². The molecular formula is C13H14N4OS3. The fourth-order valence-electron chi connectivity index (χ4n) is 1.86. The van der Waals surface area contributed by atoms with Crippen LogP contribution in [-0.2, 0) is 12.3 Å². The first-order chi connectivity index (χ1) is 10.3. The van der Waals surface area contributed by atoms with Crippen LogP contribution in [0.15, 0.2) is 32.8 Å². The third-order valence-corrected chi connectivity index (χ3v) is 5.74. The lowest BCUT2D eigenvalue weighted by Gasteiger charge is -2.01. The van der Waals surface area contributed by atoms with Crippen molar-refractivity contribution in [1.29, 1.82) is 0 Å². The standard InChI is InChI=1S/C13H14N4OS3/c1-2-5-17-12(18)15-16-13(17)21-8-9-7-20-11(14-9)10-4-3-6-19-10/h3-4,6-7H,2,5,8H2,1H3,(H,15,18). The number of thiazole rings is 1. The predicted molar refractivity (Wildman–Crippen MR) is 88.1 cm³/mol. The summed E-state index contributed by atoms with van der Waals surface area (Å²) < 4.78 is 1.68. The molecule has 0 bridgehead atoms. The number of hydrogen-bond donors (Lipinski definition) is 1. The van der Waals surface area contributed by atoms with Crippen molar-refractivity contribution in [3.8, 4) is 9.88 Å². The number of nitrogens with zero attached hydrogens (tertiary/aromatic N) is 3. The van der Waals surface area contributed by atoms with Gasteiger partial charge in [-0.2, -0.15) is 0 Å². The molecule has 0 saturated carbocycles. The lowest BCUT2D eigenvalue weighted by atomic mass is 10.5. The molecule has 3 aromatic heterocycles. The highest BCUT2D eigenvalue weighted by Crippen LogP contribution is 2.29. The van der Waals surface area contributed by atoms with Crippen LogP contribution in [0.2, 0.25) is 0 Å². The minimum absolute atomic E-state index is 0.142. The van der Waals surface area contributed by atoms with E-state index in [9.17, 15) is 4.79 Å². The molecule has 0 atom stereocenters. The summed E-state index contributed by atoms with van der Waals surface area (Å²) in [6.07, 6.45) is 0.909. The van der Waals surface area contributed by atoms with Crippen LogP contribution in [-0.4, -0.2) is 19.7 Å². The first kappa shape index (κ1) is 14.6. The Bertz CT molecular complexity index is 757. The van der Waals surface area contributed by atoms with E-state index >= 15 is 0 Å². The summed E-state index contributed by atoms with van der Waals surface area (Å²) in [6, 6.07) is 4.11. The van der Waals surface area contributed by atoms with Crippen LogP contribution >= 0.6 is 34.4 Å². The van der Waals surface area contributed by atoms with Crippen molar-refractivity contribution in [2.45, 2.75) is 30.8 Å². The fraction of sp³-hybridized carbons (Fsp3) is 0.308. The number of thioether (sulfide) groups is 1. The van der Waals surface area contributed by atoms with Gasteiger partial charge >= 0.3 is 5.69 Å². The monoisotopic (exact) mass is 338 g/mol. The molecule has 0 amide bonds. The highest BCUT2D eigenvalue weighted by Gasteiger charge is 2.10. The van der Waals surface area contributed by atoms with Crippen molar-refractivity contribution >= 4 is 34.4 Å². The van der Waals surface area contributed by atoms with Gasteiger partial charge in [-0.3, -0.25) is 4.57 Å². The Morgan fingerprint density at radius 3 is 3.10 bits per heavy atom. The molecule has 3 rings (SSSR count). The summed E-state index contributed by atoms with van der Waals surface area (Å²) in [5.74, 6) is 0.718. The zero-order valence-corrected chi connectivity index (χ0v) is 13.9. The van der Waals surface area contributed by atoms with Crippen LogP contribution in [0.4, 0.5) is 0 Å². The average Bonchev–Trinajstić information content (AvgIpc) is 3.19. The van der Waals surface area contributed by atoms with Crippen LogP contribution in [0.25, 0.3) is 9.88 Å². The van der Waals surface area contributed by atoms with Gasteiger partial charge in [-0.1, -0.05) is 24.8 Å². The normalized spacial score (nSPS) is 11.1. The SMILES string of the molecule is CCCn1c(SCc2csc(-c3cccs3)n2)n[nH]c1=O. The maximum atomic E-state index is 11.6. The summed E-state index contributed by atoms with van der Waals surface area (Å²) in [4.78, 5) is 17.4. The van der Waals surface area contributed by atoms with Crippen molar-refractivity contribution in [2.75, 3.05) is 0 Å². The van der Waals surface area contributed by atoms with Gasteiger partial charge in [-0.25, -0.2) is 14.9 Å². The number of rotatable bonds is 6. The molecule has 1 N–H and O–H groups in total. The number of hydrogen-bond acceptors (Lipinski definition) is 6. The van der Waals surface area contributed by atoms with Crippen molar-refractivity contribution in [1.82, 2.24) is 19.7 Å². The lowest BCUT2D eigenvalue weighted by Crippen LogP contribution is -2.17. The van der Waals surface area contributed by atoms with Gasteiger partial charge in [-0.05, 0) is 17.9 Å². The first-order valence-electron chi connectivity index (χ1n) is 6.54. The molecule has 0 radical (unpaired) electrons. The fourth-order valence-corrected chi connectivity index (χ4v) is 4.46. The number of thiophene rings is 1. The molecular weight excluding hydrogens is 324 g/mol. The minimum Gasteiger partial charge on any atom is -0.270 e. The van der Waals surface area contributed by atoms with E-state index in [1.54, 1.807) is 27.2 Å². The molecule has 8 heteroatoms. The highest BCUT2D eigenvalue weighted by molar-refractivity contribution is 7.98. The van der Waals surface area contributed by atoms with E-state index in [0.717, 1.165) is 28.0 Å². The zero-order valence-electron chi connectivity index (χ0n) is 11.4. The Kier molecular flexibility index (Phi) is 4.57. The quantitative estimate of drug-likeness (QED) is 0.699. The van der Waals surface area contributed by atoms with Crippen LogP contribution in [0.1, 0.15) is 19.0 Å². The predicted octanol–water partition coefficient (Wildman–Crippen LogP) is 3.46. The van der Waals surface area contributed by atoms with Crippen LogP contribution < -0.4 is 5.69 Å². The van der Waals surface area contributed by atoms with Crippen molar-refractivity contribution in [3.63, 3.8) is 0 Å². The summed E-state index contributed by atoms with van der Waals surface area (Å²) >= 11 is 4.89. The second kappa shape index (κ2) is 6.59. The molecule has 3 heterocycles. The Morgan fingerprint density at radius 1 is 1.43 bits per heavy atom. The number of aromatic amines is 1. The van der Waals surface area contributed by atoms with Gasteiger partial charge in [0.15, 0.2) is 5.16 Å². The van der Waals surface area contributed by atoms with E-state index in [-0.39, 0.29) is 5.69 Å². The summed E-state index contributed by atoms with van der Waals surface area (Å²) in [5.41, 5.74) is 0.879. The molecule has 0 spiro atoms. The van der Waals surface area contributed by atoms with Crippen molar-refractivity contribution < 1.29 is 0 Å². The van der Waals surface area contributed by atoms with E-state index in [0.29, 0.717) is 6.54 Å². The number of nitrogens with one attached hydrogen (secondary N) is 1. The molecule has 21 heavy (non-hydrogen) atoms. The third kappa shape index (κ3) is 3.28. The molecule has 0 aliphatic rings. The number of H-pyrrole nitrogens is 1. The summed E-state index contributed by atoms with van der Waals surface area (Å²) in [6.45, 7) is 2.73. The number of aromatic nitrogens is 4. The molecule has 0 fully saturated rings. The maximum Gasteiger partial charge on any atom is 0.343 e. The molecule has 0 aliphatic heterocycles. The minimum atomic E-state index is -0.142. The van der Waals surface area contributed by atoms with Gasteiger partial charge in [0.25, 0.3) is 0 Å². The Labute approximate surface area is 134 Å². The van der Waals surface area contributed by atoms with Crippen molar-refractivity contribution in [2.24, 2.45) is 0 Å². The molecule has 0 unspecified atom stereocenters. The van der Waals surface area contributed by atoms with Gasteiger partial charge in [0, 0.05) is 17.7 Å². The van der Waals surface area contributed by atoms with E-state index in [4.69, 9.17) is 0 Å². The lowest BCUT2D eigenvalue weighted by molar-refractivity contribution is 0.604. The van der Waals surface area contributed by atoms with Crippen LogP contribution in [0.3, 0.4) is 0 Å².